The summed E-state index contributed by atoms with van der Waals surface area (Å²) in [6.45, 7) is 6.66. The molecule has 3 amide bonds. The largest absolute Gasteiger partial charge is 0.326 e. The monoisotopic (exact) mass is 434 g/mol. The van der Waals surface area contributed by atoms with Crippen molar-refractivity contribution >= 4 is 34.0 Å². The summed E-state index contributed by atoms with van der Waals surface area (Å²) in [6, 6.07) is 17.9. The Morgan fingerprint density at radius 2 is 1.68 bits per heavy atom. The number of carbonyl (C=O) groups is 2. The highest BCUT2D eigenvalue weighted by molar-refractivity contribution is 7.09. The van der Waals surface area contributed by atoms with Gasteiger partial charge in [0.05, 0.1) is 6.67 Å². The van der Waals surface area contributed by atoms with Gasteiger partial charge in [-0.1, -0.05) is 42.5 Å². The van der Waals surface area contributed by atoms with E-state index >= 15 is 0 Å². The molecule has 6 nitrogen and oxygen atoms in total. The molecule has 1 N–H and O–H groups in total. The Morgan fingerprint density at radius 1 is 0.935 bits per heavy atom. The van der Waals surface area contributed by atoms with E-state index in [0.717, 1.165) is 49.1 Å². The normalized spacial score (nSPS) is 22.9. The van der Waals surface area contributed by atoms with Gasteiger partial charge in [-0.15, -0.1) is 11.3 Å². The molecule has 160 valence electrons. The molecule has 0 radical (unpaired) electrons. The van der Waals surface area contributed by atoms with Crippen LogP contribution in [0, 0.1) is 0 Å². The van der Waals surface area contributed by atoms with Crippen LogP contribution in [0.1, 0.15) is 17.4 Å². The molecule has 0 spiro atoms. The predicted molar refractivity (Wildman–Crippen MR) is 123 cm³/mol. The standard InChI is InChI=1S/C24H26N4O2S/c1-24(20-9-8-18-5-2-3-6-19(18)15-20)22(29)28(23(30)25-24)17-27-12-10-26(11-13-27)16-21-7-4-14-31-21/h2-9,14-15H,10-13,16-17H2,1H3,(H,25,30)/t24-/m0/s1. The van der Waals surface area contributed by atoms with Crippen molar-refractivity contribution in [3.63, 3.8) is 0 Å². The number of amides is 3. The minimum atomic E-state index is -1.04. The summed E-state index contributed by atoms with van der Waals surface area (Å²) in [7, 11) is 0. The Labute approximate surface area is 186 Å². The molecule has 0 bridgehead atoms. The molecule has 2 aromatic carbocycles. The van der Waals surface area contributed by atoms with Crippen molar-refractivity contribution in [1.29, 1.82) is 0 Å². The number of nitrogens with one attached hydrogen (secondary N) is 1. The first-order valence-electron chi connectivity index (χ1n) is 10.6. The van der Waals surface area contributed by atoms with Gasteiger partial charge in [-0.3, -0.25) is 14.6 Å². The number of fused-ring (bicyclic) bond motifs is 1. The lowest BCUT2D eigenvalue weighted by Gasteiger charge is -2.35. The summed E-state index contributed by atoms with van der Waals surface area (Å²) in [5, 5.41) is 7.22. The van der Waals surface area contributed by atoms with Gasteiger partial charge in [0.2, 0.25) is 0 Å². The smallest absolute Gasteiger partial charge is 0.319 e. The van der Waals surface area contributed by atoms with Crippen molar-refractivity contribution in [2.45, 2.75) is 19.0 Å². The van der Waals surface area contributed by atoms with Crippen molar-refractivity contribution in [3.05, 3.63) is 70.4 Å². The van der Waals surface area contributed by atoms with Crippen LogP contribution in [0.4, 0.5) is 4.79 Å². The maximum atomic E-state index is 13.3. The average molecular weight is 435 g/mol. The van der Waals surface area contributed by atoms with Crippen molar-refractivity contribution in [2.75, 3.05) is 32.8 Å². The highest BCUT2D eigenvalue weighted by Crippen LogP contribution is 2.31. The van der Waals surface area contributed by atoms with Crippen LogP contribution in [0.5, 0.6) is 0 Å². The van der Waals surface area contributed by atoms with E-state index in [1.165, 1.54) is 9.78 Å². The zero-order valence-corrected chi connectivity index (χ0v) is 18.4. The number of benzene rings is 2. The SMILES string of the molecule is C[C@@]1(c2ccc3ccccc3c2)NC(=O)N(CN2CCN(Cc3cccs3)CC2)C1=O. The van der Waals surface area contributed by atoms with Gasteiger partial charge in [0.1, 0.15) is 5.54 Å². The molecule has 2 fully saturated rings. The fourth-order valence-electron chi connectivity index (χ4n) is 4.43. The van der Waals surface area contributed by atoms with Crippen LogP contribution < -0.4 is 5.32 Å². The first kappa shape index (κ1) is 20.2. The minimum absolute atomic E-state index is 0.186. The zero-order valence-electron chi connectivity index (χ0n) is 17.6. The summed E-state index contributed by atoms with van der Waals surface area (Å²) in [4.78, 5) is 33.4. The first-order chi connectivity index (χ1) is 15.0. The third-order valence-electron chi connectivity index (χ3n) is 6.37. The topological polar surface area (TPSA) is 55.9 Å². The van der Waals surface area contributed by atoms with Crippen LogP contribution >= 0.6 is 11.3 Å². The molecule has 0 unspecified atom stereocenters. The number of nitrogens with zero attached hydrogens (tertiary/aromatic N) is 3. The van der Waals surface area contributed by atoms with Crippen molar-refractivity contribution in [2.24, 2.45) is 0 Å². The third-order valence-corrected chi connectivity index (χ3v) is 7.23. The number of thiophene rings is 1. The van der Waals surface area contributed by atoms with E-state index < -0.39 is 5.54 Å². The number of piperazine rings is 1. The van der Waals surface area contributed by atoms with Crippen LogP contribution in [0.25, 0.3) is 10.8 Å². The Kier molecular flexibility index (Phi) is 5.25. The van der Waals surface area contributed by atoms with Crippen LogP contribution in [-0.2, 0) is 16.9 Å². The molecule has 3 aromatic rings. The van der Waals surface area contributed by atoms with E-state index in [2.05, 4.69) is 32.6 Å². The fraction of sp³-hybridized carbons (Fsp3) is 0.333. The van der Waals surface area contributed by atoms with Gasteiger partial charge >= 0.3 is 6.03 Å². The Hall–Kier alpha value is -2.74. The van der Waals surface area contributed by atoms with Crippen LogP contribution in [-0.4, -0.2) is 59.5 Å². The second kappa shape index (κ2) is 8.07. The van der Waals surface area contributed by atoms with E-state index in [4.69, 9.17) is 0 Å². The Morgan fingerprint density at radius 3 is 2.42 bits per heavy atom. The van der Waals surface area contributed by atoms with E-state index in [1.807, 2.05) is 42.5 Å². The highest BCUT2D eigenvalue weighted by atomic mass is 32.1. The first-order valence-corrected chi connectivity index (χ1v) is 11.5. The summed E-state index contributed by atoms with van der Waals surface area (Å²) in [6.07, 6.45) is 0. The molecule has 0 aliphatic carbocycles. The van der Waals surface area contributed by atoms with Crippen LogP contribution in [0.15, 0.2) is 60.0 Å². The summed E-state index contributed by atoms with van der Waals surface area (Å²) < 4.78 is 0. The molecule has 2 saturated heterocycles. The van der Waals surface area contributed by atoms with Gasteiger partial charge in [-0.25, -0.2) is 9.69 Å². The number of imide groups is 1. The quantitative estimate of drug-likeness (QED) is 0.625. The second-order valence-corrected chi connectivity index (χ2v) is 9.50. The van der Waals surface area contributed by atoms with Gasteiger partial charge in [-0.2, -0.15) is 0 Å². The number of carbonyl (C=O) groups excluding carboxylic acids is 2. The van der Waals surface area contributed by atoms with E-state index in [1.54, 1.807) is 18.3 Å². The molecule has 3 heterocycles. The number of hydrogen-bond acceptors (Lipinski definition) is 5. The van der Waals surface area contributed by atoms with Crippen LogP contribution in [0.2, 0.25) is 0 Å². The number of rotatable bonds is 5. The lowest BCUT2D eigenvalue weighted by atomic mass is 9.90. The molecule has 31 heavy (non-hydrogen) atoms. The number of urea groups is 1. The van der Waals surface area contributed by atoms with Gasteiger partial charge < -0.3 is 5.32 Å². The maximum Gasteiger partial charge on any atom is 0.326 e. The van der Waals surface area contributed by atoms with Crippen molar-refractivity contribution in [3.8, 4) is 0 Å². The lowest BCUT2D eigenvalue weighted by molar-refractivity contribution is -0.132. The molecule has 2 aliphatic rings. The molecule has 1 atom stereocenters. The minimum Gasteiger partial charge on any atom is -0.319 e. The molecule has 5 rings (SSSR count). The maximum absolute atomic E-state index is 13.3. The highest BCUT2D eigenvalue weighted by Gasteiger charge is 2.49. The Bertz CT molecular complexity index is 1110. The summed E-state index contributed by atoms with van der Waals surface area (Å²) >= 11 is 1.78. The Balaban J connectivity index is 1.26. The van der Waals surface area contributed by atoms with Crippen molar-refractivity contribution in [1.82, 2.24) is 20.0 Å². The summed E-state index contributed by atoms with van der Waals surface area (Å²) in [5.41, 5.74) is -0.227. The predicted octanol–water partition coefficient (Wildman–Crippen LogP) is 3.44. The summed E-state index contributed by atoms with van der Waals surface area (Å²) in [5.74, 6) is -0.186. The van der Waals surface area contributed by atoms with Crippen LogP contribution in [0.3, 0.4) is 0 Å². The molecular formula is C24H26N4O2S. The van der Waals surface area contributed by atoms with Gasteiger partial charge in [0.15, 0.2) is 0 Å². The number of hydrogen-bond donors (Lipinski definition) is 1. The van der Waals surface area contributed by atoms with E-state index in [9.17, 15) is 9.59 Å². The zero-order chi connectivity index (χ0) is 21.4. The van der Waals surface area contributed by atoms with Gasteiger partial charge in [0, 0.05) is 37.6 Å². The molecular weight excluding hydrogens is 408 g/mol. The lowest BCUT2D eigenvalue weighted by Crippen LogP contribution is -2.51. The fourth-order valence-corrected chi connectivity index (χ4v) is 5.18. The third kappa shape index (κ3) is 3.84. The molecule has 1 aromatic heterocycles. The second-order valence-electron chi connectivity index (χ2n) is 8.47. The molecule has 2 aliphatic heterocycles. The van der Waals surface area contributed by atoms with E-state index in [-0.39, 0.29) is 11.9 Å². The van der Waals surface area contributed by atoms with E-state index in [0.29, 0.717) is 6.67 Å². The van der Waals surface area contributed by atoms with Gasteiger partial charge in [-0.05, 0) is 40.8 Å². The molecule has 7 heteroatoms. The van der Waals surface area contributed by atoms with Crippen molar-refractivity contribution < 1.29 is 9.59 Å². The average Bonchev–Trinajstić information content (AvgIpc) is 3.37. The van der Waals surface area contributed by atoms with Gasteiger partial charge in [0.25, 0.3) is 5.91 Å². The molecule has 0 saturated carbocycles.